The zero-order chi connectivity index (χ0) is 31.8. The molecule has 0 aliphatic heterocycles. The summed E-state index contributed by atoms with van der Waals surface area (Å²) < 4.78 is 0. The second-order valence-corrected chi connectivity index (χ2v) is 11.2. The number of carboxylic acid groups (broad SMARTS) is 1. The molecule has 1 heterocycles. The number of aromatic amines is 1. The lowest BCUT2D eigenvalue weighted by molar-refractivity contribution is -0.142. The Morgan fingerprint density at radius 2 is 1.60 bits per heavy atom. The van der Waals surface area contributed by atoms with Crippen LogP contribution < -0.4 is 38.9 Å². The number of nitrogens with two attached hydrogens (primary N) is 4. The van der Waals surface area contributed by atoms with Crippen LogP contribution in [0.1, 0.15) is 44.1 Å². The molecule has 0 aliphatic carbocycles. The lowest BCUT2D eigenvalue weighted by Crippen LogP contribution is -2.57. The van der Waals surface area contributed by atoms with Crippen molar-refractivity contribution < 1.29 is 24.3 Å². The van der Waals surface area contributed by atoms with Crippen LogP contribution in [-0.4, -0.2) is 89.0 Å². The molecule has 4 unspecified atom stereocenters. The van der Waals surface area contributed by atoms with Crippen LogP contribution in [0.25, 0.3) is 10.9 Å². The van der Waals surface area contributed by atoms with Crippen molar-refractivity contribution in [2.45, 2.75) is 69.1 Å². The molecule has 0 radical (unpaired) electrons. The van der Waals surface area contributed by atoms with Gasteiger partial charge in [-0.3, -0.25) is 19.4 Å². The van der Waals surface area contributed by atoms with Crippen molar-refractivity contribution in [1.82, 2.24) is 20.9 Å². The van der Waals surface area contributed by atoms with Crippen LogP contribution in [0, 0.1) is 0 Å². The summed E-state index contributed by atoms with van der Waals surface area (Å²) in [5.74, 6) is -2.46. The number of aliphatic carboxylic acids is 1. The highest BCUT2D eigenvalue weighted by atomic mass is 32.2. The number of carboxylic acids is 1. The molecule has 1 aromatic heterocycles. The van der Waals surface area contributed by atoms with E-state index >= 15 is 0 Å². The molecule has 0 bridgehead atoms. The van der Waals surface area contributed by atoms with Crippen molar-refractivity contribution in [3.05, 3.63) is 36.0 Å². The number of thioether (sulfide) groups is 1. The number of amides is 3. The maximum Gasteiger partial charge on any atom is 0.326 e. The molecule has 14 nitrogen and oxygen atoms in total. The van der Waals surface area contributed by atoms with E-state index in [2.05, 4.69) is 25.9 Å². The molecule has 4 atom stereocenters. The summed E-state index contributed by atoms with van der Waals surface area (Å²) in [6.45, 7) is 0.716. The summed E-state index contributed by atoms with van der Waals surface area (Å²) in [5, 5.41) is 18.6. The Labute approximate surface area is 255 Å². The molecule has 1 aromatic carbocycles. The van der Waals surface area contributed by atoms with Gasteiger partial charge in [0.1, 0.15) is 18.1 Å². The lowest BCUT2D eigenvalue weighted by Gasteiger charge is -2.25. The number of fused-ring (bicyclic) bond motifs is 1. The lowest BCUT2D eigenvalue weighted by atomic mass is 10.0. The van der Waals surface area contributed by atoms with Crippen LogP contribution in [0.2, 0.25) is 0 Å². The number of benzene rings is 1. The highest BCUT2D eigenvalue weighted by Crippen LogP contribution is 2.19. The molecule has 0 fully saturated rings. The first-order valence-corrected chi connectivity index (χ1v) is 15.7. The average molecular weight is 620 g/mol. The predicted molar refractivity (Wildman–Crippen MR) is 169 cm³/mol. The number of carbonyl (C=O) groups is 4. The molecule has 2 aromatic rings. The number of carbonyl (C=O) groups excluding carboxylic acids is 3. The fraction of sp³-hybridized carbons (Fsp3) is 0.536. The van der Waals surface area contributed by atoms with E-state index in [0.29, 0.717) is 38.1 Å². The molecule has 2 rings (SSSR count). The van der Waals surface area contributed by atoms with Gasteiger partial charge < -0.3 is 49.0 Å². The third-order valence-corrected chi connectivity index (χ3v) is 7.49. The Bertz CT molecular complexity index is 1230. The van der Waals surface area contributed by atoms with Gasteiger partial charge in [0.05, 0.1) is 6.04 Å². The molecule has 43 heavy (non-hydrogen) atoms. The number of guanidine groups is 1. The summed E-state index contributed by atoms with van der Waals surface area (Å²) in [5.41, 5.74) is 24.0. The highest BCUT2D eigenvalue weighted by molar-refractivity contribution is 7.98. The van der Waals surface area contributed by atoms with E-state index in [0.717, 1.165) is 16.5 Å². The smallest absolute Gasteiger partial charge is 0.326 e. The van der Waals surface area contributed by atoms with Crippen molar-refractivity contribution in [3.63, 3.8) is 0 Å². The number of hydrogen-bond donors (Lipinski definition) is 9. The van der Waals surface area contributed by atoms with E-state index in [4.69, 9.17) is 22.9 Å². The maximum absolute atomic E-state index is 13.6. The molecular weight excluding hydrogens is 574 g/mol. The van der Waals surface area contributed by atoms with Crippen LogP contribution in [0.15, 0.2) is 35.5 Å². The van der Waals surface area contributed by atoms with Gasteiger partial charge in [-0.2, -0.15) is 11.8 Å². The van der Waals surface area contributed by atoms with Gasteiger partial charge in [0, 0.05) is 30.1 Å². The monoisotopic (exact) mass is 619 g/mol. The van der Waals surface area contributed by atoms with Gasteiger partial charge in [0.2, 0.25) is 17.7 Å². The number of H-pyrrole nitrogens is 1. The zero-order valence-electron chi connectivity index (χ0n) is 24.5. The predicted octanol–water partition coefficient (Wildman–Crippen LogP) is -0.488. The average Bonchev–Trinajstić information content (AvgIpc) is 3.38. The summed E-state index contributed by atoms with van der Waals surface area (Å²) >= 11 is 1.46. The SMILES string of the molecule is CSCCC(NC(=O)C(Cc1c[nH]c2ccccc12)NC(=O)C(CCCCN)NC(=O)C(N)CCCN=C(N)N)C(=O)O. The Kier molecular flexibility index (Phi) is 15.4. The van der Waals surface area contributed by atoms with Gasteiger partial charge in [0.15, 0.2) is 5.96 Å². The largest absolute Gasteiger partial charge is 0.480 e. The normalized spacial score (nSPS) is 13.8. The van der Waals surface area contributed by atoms with Crippen LogP contribution in [0.4, 0.5) is 0 Å². The molecule has 0 aliphatic rings. The van der Waals surface area contributed by atoms with E-state index < -0.39 is 47.9 Å². The second kappa shape index (κ2) is 18.7. The summed E-state index contributed by atoms with van der Waals surface area (Å²) in [7, 11) is 0. The fourth-order valence-corrected chi connectivity index (χ4v) is 4.93. The first kappa shape index (κ1) is 35.4. The molecule has 238 valence electrons. The first-order valence-electron chi connectivity index (χ1n) is 14.3. The number of nitrogens with one attached hydrogen (secondary N) is 4. The Balaban J connectivity index is 2.25. The number of aromatic nitrogens is 1. The summed E-state index contributed by atoms with van der Waals surface area (Å²) in [4.78, 5) is 58.8. The standard InChI is InChI=1S/C28H45N9O5S/c1-43-14-11-22(27(41)42)36-26(40)23(15-17-16-34-20-9-3-2-7-18(17)20)37-25(39)21(10-4-5-12-29)35-24(38)19(30)8-6-13-33-28(31)32/h2-3,7,9,16,19,21-23,34H,4-6,8,10-15,29-30H2,1H3,(H,35,38)(H,36,40)(H,37,39)(H,41,42)(H4,31,32,33). The van der Waals surface area contributed by atoms with Gasteiger partial charge in [-0.1, -0.05) is 18.2 Å². The van der Waals surface area contributed by atoms with Gasteiger partial charge in [0.25, 0.3) is 0 Å². The van der Waals surface area contributed by atoms with Crippen LogP contribution in [-0.2, 0) is 25.6 Å². The van der Waals surface area contributed by atoms with Gasteiger partial charge in [-0.05, 0) is 68.7 Å². The van der Waals surface area contributed by atoms with Gasteiger partial charge in [-0.25, -0.2) is 4.79 Å². The van der Waals surface area contributed by atoms with Crippen LogP contribution in [0.3, 0.4) is 0 Å². The molecule has 0 saturated carbocycles. The Hall–Kier alpha value is -3.82. The van der Waals surface area contributed by atoms with Gasteiger partial charge >= 0.3 is 5.97 Å². The van der Waals surface area contributed by atoms with Gasteiger partial charge in [-0.15, -0.1) is 0 Å². The van der Waals surface area contributed by atoms with E-state index in [1.807, 2.05) is 30.5 Å². The minimum absolute atomic E-state index is 0.0557. The topological polar surface area (TPSA) is 257 Å². The van der Waals surface area contributed by atoms with Crippen LogP contribution >= 0.6 is 11.8 Å². The quantitative estimate of drug-likeness (QED) is 0.0522. The molecular formula is C28H45N9O5S. The summed E-state index contributed by atoms with van der Waals surface area (Å²) in [6, 6.07) is 3.37. The van der Waals surface area contributed by atoms with E-state index in [1.54, 1.807) is 6.20 Å². The number of para-hydroxylation sites is 1. The van der Waals surface area contributed by atoms with Crippen molar-refractivity contribution in [2.75, 3.05) is 25.1 Å². The zero-order valence-corrected chi connectivity index (χ0v) is 25.3. The van der Waals surface area contributed by atoms with Crippen molar-refractivity contribution in [2.24, 2.45) is 27.9 Å². The van der Waals surface area contributed by atoms with Crippen molar-refractivity contribution >= 4 is 52.3 Å². The maximum atomic E-state index is 13.6. The van der Waals surface area contributed by atoms with Crippen molar-refractivity contribution in [3.8, 4) is 0 Å². The minimum Gasteiger partial charge on any atom is -0.480 e. The Morgan fingerprint density at radius 1 is 0.930 bits per heavy atom. The third-order valence-electron chi connectivity index (χ3n) is 6.84. The highest BCUT2D eigenvalue weighted by Gasteiger charge is 2.30. The molecule has 15 heteroatoms. The first-order chi connectivity index (χ1) is 20.6. The number of aliphatic imine (C=N–C) groups is 1. The van der Waals surface area contributed by atoms with Crippen LogP contribution in [0.5, 0.6) is 0 Å². The van der Waals surface area contributed by atoms with Crippen molar-refractivity contribution in [1.29, 1.82) is 0 Å². The number of unbranched alkanes of at least 4 members (excludes halogenated alkanes) is 1. The van der Waals surface area contributed by atoms with E-state index in [-0.39, 0.29) is 31.6 Å². The third kappa shape index (κ3) is 12.1. The fourth-order valence-electron chi connectivity index (χ4n) is 4.46. The molecule has 3 amide bonds. The number of hydrogen-bond acceptors (Lipinski definition) is 8. The number of rotatable bonds is 20. The molecule has 0 saturated heterocycles. The molecule has 13 N–H and O–H groups in total. The second-order valence-electron chi connectivity index (χ2n) is 10.2. The molecule has 0 spiro atoms. The van der Waals surface area contributed by atoms with E-state index in [1.165, 1.54) is 11.8 Å². The number of nitrogens with zero attached hydrogens (tertiary/aromatic N) is 1. The summed E-state index contributed by atoms with van der Waals surface area (Å²) in [6.07, 6.45) is 6.09. The minimum atomic E-state index is -1.17. The Morgan fingerprint density at radius 3 is 2.28 bits per heavy atom. The van der Waals surface area contributed by atoms with E-state index in [9.17, 15) is 24.3 Å².